The maximum Gasteiger partial charge on any atom is 0.243 e. The Balaban J connectivity index is 2.14. The van der Waals surface area contributed by atoms with E-state index < -0.39 is 14.8 Å². The van der Waals surface area contributed by atoms with Crippen LogP contribution >= 0.6 is 11.9 Å². The van der Waals surface area contributed by atoms with Crippen LogP contribution < -0.4 is 0 Å². The summed E-state index contributed by atoms with van der Waals surface area (Å²) in [7, 11) is -3.52. The number of benzene rings is 1. The van der Waals surface area contributed by atoms with Crippen LogP contribution in [0.1, 0.15) is 18.4 Å². The van der Waals surface area contributed by atoms with E-state index in [9.17, 15) is 18.4 Å². The van der Waals surface area contributed by atoms with Crippen molar-refractivity contribution in [3.63, 3.8) is 0 Å². The Kier molecular flexibility index (Phi) is 5.03. The van der Waals surface area contributed by atoms with E-state index in [0.29, 0.717) is 12.8 Å². The zero-order chi connectivity index (χ0) is 15.5. The van der Waals surface area contributed by atoms with Crippen molar-refractivity contribution in [1.82, 2.24) is 4.31 Å². The van der Waals surface area contributed by atoms with E-state index in [2.05, 4.69) is 4.58 Å². The molecule has 2 rings (SSSR count). The number of rotatable bonds is 5. The summed E-state index contributed by atoms with van der Waals surface area (Å²) in [5.74, 6) is 0. The van der Waals surface area contributed by atoms with Gasteiger partial charge in [0.05, 0.1) is 16.2 Å². The molecule has 1 heterocycles. The van der Waals surface area contributed by atoms with Crippen LogP contribution in [-0.2, 0) is 10.0 Å². The van der Waals surface area contributed by atoms with Crippen molar-refractivity contribution < 1.29 is 13.5 Å². The van der Waals surface area contributed by atoms with Gasteiger partial charge in [0, 0.05) is 29.6 Å². The molecule has 8 heteroatoms. The lowest BCUT2D eigenvalue weighted by molar-refractivity contribution is 0.193. The van der Waals surface area contributed by atoms with Gasteiger partial charge in [-0.15, -0.1) is 4.91 Å². The zero-order valence-electron chi connectivity index (χ0n) is 11.7. The average molecular weight is 330 g/mol. The monoisotopic (exact) mass is 330 g/mol. The van der Waals surface area contributed by atoms with Crippen LogP contribution in [0, 0.1) is 11.8 Å². The van der Waals surface area contributed by atoms with Crippen LogP contribution in [0.15, 0.2) is 33.7 Å². The number of nitrogens with zero attached hydrogens (tertiary/aromatic N) is 2. The van der Waals surface area contributed by atoms with Gasteiger partial charge in [-0.2, -0.15) is 4.31 Å². The molecule has 1 fully saturated rings. The first-order chi connectivity index (χ1) is 9.93. The molecular weight excluding hydrogens is 312 g/mol. The number of nitroso groups, excluding NO2 is 1. The molecule has 1 saturated heterocycles. The van der Waals surface area contributed by atoms with Crippen LogP contribution in [0.25, 0.3) is 0 Å². The second-order valence-corrected chi connectivity index (χ2v) is 8.36. The first kappa shape index (κ1) is 16.4. The molecule has 116 valence electrons. The molecule has 1 aliphatic heterocycles. The fourth-order valence-corrected chi connectivity index (χ4v) is 4.37. The van der Waals surface area contributed by atoms with Gasteiger partial charge >= 0.3 is 0 Å². The quantitative estimate of drug-likeness (QED) is 0.658. The summed E-state index contributed by atoms with van der Waals surface area (Å²) in [6.07, 6.45) is 0.815. The molecule has 0 radical (unpaired) electrons. The van der Waals surface area contributed by atoms with E-state index in [1.807, 2.05) is 6.92 Å². The van der Waals surface area contributed by atoms with E-state index in [0.717, 1.165) is 17.5 Å². The Morgan fingerprint density at radius 3 is 2.33 bits per heavy atom. The Labute approximate surface area is 128 Å². The van der Waals surface area contributed by atoms with Gasteiger partial charge in [-0.05, 0) is 31.9 Å². The van der Waals surface area contributed by atoms with Crippen molar-refractivity contribution in [2.45, 2.75) is 29.4 Å². The number of aryl methyl sites for hydroxylation is 1. The summed E-state index contributed by atoms with van der Waals surface area (Å²) in [6.45, 7) is 2.27. The van der Waals surface area contributed by atoms with E-state index in [4.69, 9.17) is 0 Å². The molecule has 0 saturated carbocycles. The molecule has 21 heavy (non-hydrogen) atoms. The Hall–Kier alpha value is -0.960. The predicted molar refractivity (Wildman–Crippen MR) is 82.4 cm³/mol. The van der Waals surface area contributed by atoms with Gasteiger partial charge in [0.1, 0.15) is 0 Å². The van der Waals surface area contributed by atoms with Crippen LogP contribution in [0.4, 0.5) is 0 Å². The number of aliphatic hydroxyl groups excluding tert-OH is 1. The molecule has 0 amide bonds. The van der Waals surface area contributed by atoms with Crippen LogP contribution in [0.3, 0.4) is 0 Å². The van der Waals surface area contributed by atoms with Crippen molar-refractivity contribution in [3.8, 4) is 0 Å². The Morgan fingerprint density at radius 1 is 1.29 bits per heavy atom. The molecule has 0 spiro atoms. The molecule has 1 N–H and O–H groups in total. The average Bonchev–Trinajstić information content (AvgIpc) is 2.48. The van der Waals surface area contributed by atoms with Gasteiger partial charge in [-0.1, -0.05) is 17.7 Å². The van der Waals surface area contributed by atoms with Crippen LogP contribution in [0.5, 0.6) is 0 Å². The molecule has 1 aromatic carbocycles. The largest absolute Gasteiger partial charge is 0.395 e. The molecule has 1 aromatic rings. The number of aliphatic hydroxyl groups is 1. The molecule has 0 aromatic heterocycles. The maximum absolute atomic E-state index is 12.5. The SMILES string of the molecule is Cc1ccc(S(=O)(=O)N2CCC(CO)(SN=O)CC2)cc1. The lowest BCUT2D eigenvalue weighted by Crippen LogP contribution is -2.46. The standard InChI is InChI=1S/C13H18N2O4S2/c1-11-2-4-12(5-3-11)21(18,19)15-8-6-13(10-16,7-9-15)20-14-17/h2-5,16H,6-10H2,1H3. The van der Waals surface area contributed by atoms with Crippen molar-refractivity contribution in [2.75, 3.05) is 19.7 Å². The molecule has 0 bridgehead atoms. The van der Waals surface area contributed by atoms with Crippen molar-refractivity contribution in [3.05, 3.63) is 34.7 Å². The minimum absolute atomic E-state index is 0.179. The summed E-state index contributed by atoms with van der Waals surface area (Å²) in [5.41, 5.74) is 1.00. The van der Waals surface area contributed by atoms with Gasteiger partial charge in [0.15, 0.2) is 0 Å². The minimum Gasteiger partial charge on any atom is -0.395 e. The predicted octanol–water partition coefficient (Wildman–Crippen LogP) is 1.93. The fraction of sp³-hybridized carbons (Fsp3) is 0.538. The first-order valence-corrected chi connectivity index (χ1v) is 8.83. The topological polar surface area (TPSA) is 87.0 Å². The third-order valence-electron chi connectivity index (χ3n) is 3.81. The summed E-state index contributed by atoms with van der Waals surface area (Å²) in [4.78, 5) is 10.7. The molecule has 0 atom stereocenters. The van der Waals surface area contributed by atoms with Crippen LogP contribution in [0.2, 0.25) is 0 Å². The zero-order valence-corrected chi connectivity index (χ0v) is 13.4. The van der Waals surface area contributed by atoms with Crippen molar-refractivity contribution in [1.29, 1.82) is 0 Å². The third kappa shape index (κ3) is 3.45. The summed E-state index contributed by atoms with van der Waals surface area (Å²) in [5, 5.41) is 9.42. The normalized spacial score (nSPS) is 19.3. The lowest BCUT2D eigenvalue weighted by Gasteiger charge is -2.37. The number of hydrogen-bond acceptors (Lipinski definition) is 6. The molecular formula is C13H18N2O4S2. The first-order valence-electron chi connectivity index (χ1n) is 6.62. The van der Waals surface area contributed by atoms with E-state index in [-0.39, 0.29) is 24.6 Å². The van der Waals surface area contributed by atoms with Crippen molar-refractivity contribution >= 4 is 22.0 Å². The van der Waals surface area contributed by atoms with Gasteiger partial charge in [-0.3, -0.25) is 0 Å². The highest BCUT2D eigenvalue weighted by Gasteiger charge is 2.39. The van der Waals surface area contributed by atoms with Gasteiger partial charge in [-0.25, -0.2) is 8.42 Å². The Bertz CT molecular complexity index is 593. The second kappa shape index (κ2) is 6.43. The number of sulfonamides is 1. The highest BCUT2D eigenvalue weighted by atomic mass is 32.2. The fourth-order valence-electron chi connectivity index (χ4n) is 2.35. The van der Waals surface area contributed by atoms with E-state index >= 15 is 0 Å². The molecule has 6 nitrogen and oxygen atoms in total. The van der Waals surface area contributed by atoms with Gasteiger partial charge in [0.25, 0.3) is 0 Å². The van der Waals surface area contributed by atoms with Gasteiger partial charge in [0.2, 0.25) is 10.0 Å². The van der Waals surface area contributed by atoms with Gasteiger partial charge < -0.3 is 5.11 Å². The molecule has 0 unspecified atom stereocenters. The highest BCUT2D eigenvalue weighted by Crippen LogP contribution is 2.37. The molecule has 0 aliphatic carbocycles. The van der Waals surface area contributed by atoms with E-state index in [1.54, 1.807) is 24.3 Å². The highest BCUT2D eigenvalue weighted by molar-refractivity contribution is 7.99. The Morgan fingerprint density at radius 2 is 1.86 bits per heavy atom. The van der Waals surface area contributed by atoms with Crippen molar-refractivity contribution in [2.24, 2.45) is 4.58 Å². The maximum atomic E-state index is 12.5. The number of piperidine rings is 1. The third-order valence-corrected chi connectivity index (χ3v) is 6.72. The smallest absolute Gasteiger partial charge is 0.243 e. The summed E-state index contributed by atoms with van der Waals surface area (Å²) < 4.78 is 28.6. The second-order valence-electron chi connectivity index (χ2n) is 5.22. The van der Waals surface area contributed by atoms with Crippen LogP contribution in [-0.4, -0.2) is 42.3 Å². The number of hydrogen-bond donors (Lipinski definition) is 1. The lowest BCUT2D eigenvalue weighted by atomic mass is 9.98. The summed E-state index contributed by atoms with van der Waals surface area (Å²) >= 11 is 0.808. The molecule has 1 aliphatic rings. The van der Waals surface area contributed by atoms with E-state index in [1.165, 1.54) is 4.31 Å². The minimum atomic E-state index is -3.52. The summed E-state index contributed by atoms with van der Waals surface area (Å²) in [6, 6.07) is 6.72.